The molecule has 15 heavy (non-hydrogen) atoms. The van der Waals surface area contributed by atoms with Crippen LogP contribution in [0.1, 0.15) is 24.6 Å². The van der Waals surface area contributed by atoms with Gasteiger partial charge in [0.15, 0.2) is 0 Å². The number of hydrogen-bond donors (Lipinski definition) is 1. The maximum absolute atomic E-state index is 6.02. The van der Waals surface area contributed by atoms with E-state index in [2.05, 4.69) is 12.0 Å². The van der Waals surface area contributed by atoms with Crippen LogP contribution < -0.4 is 5.73 Å². The predicted molar refractivity (Wildman–Crippen MR) is 57.6 cm³/mol. The molecule has 2 atom stereocenters. The molecule has 4 nitrogen and oxygen atoms in total. The molecule has 4 heteroatoms. The minimum atomic E-state index is 0.223. The molecule has 2 N–H and O–H groups in total. The number of ether oxygens (including phenoxy) is 1. The van der Waals surface area contributed by atoms with E-state index in [-0.39, 0.29) is 5.41 Å². The van der Waals surface area contributed by atoms with Gasteiger partial charge in [-0.1, -0.05) is 6.92 Å². The van der Waals surface area contributed by atoms with Crippen LogP contribution in [-0.4, -0.2) is 23.0 Å². The standard InChI is InChI=1S/C11H17N3O/c1-3-8-9(13-14(2)10(8)12)11-4-7(11)5-15-6-11/h7H,3-6,12H2,1-2H3. The molecule has 1 aromatic rings. The molecule has 0 bridgehead atoms. The second-order valence-electron chi connectivity index (χ2n) is 4.76. The molecule has 1 saturated carbocycles. The fourth-order valence-corrected chi connectivity index (χ4v) is 2.85. The van der Waals surface area contributed by atoms with Gasteiger partial charge < -0.3 is 10.5 Å². The lowest BCUT2D eigenvalue weighted by atomic mass is 9.97. The Bertz CT molecular complexity index is 412. The first-order valence-corrected chi connectivity index (χ1v) is 5.58. The lowest BCUT2D eigenvalue weighted by Gasteiger charge is -2.09. The Morgan fingerprint density at radius 2 is 2.47 bits per heavy atom. The van der Waals surface area contributed by atoms with Crippen LogP contribution in [0.4, 0.5) is 5.82 Å². The van der Waals surface area contributed by atoms with Crippen molar-refractivity contribution in [2.45, 2.75) is 25.2 Å². The third-order valence-electron chi connectivity index (χ3n) is 3.93. The van der Waals surface area contributed by atoms with E-state index in [4.69, 9.17) is 10.5 Å². The Labute approximate surface area is 89.4 Å². The second-order valence-corrected chi connectivity index (χ2v) is 4.76. The van der Waals surface area contributed by atoms with Crippen LogP contribution in [0.5, 0.6) is 0 Å². The van der Waals surface area contributed by atoms with E-state index in [0.717, 1.165) is 25.5 Å². The van der Waals surface area contributed by atoms with Crippen LogP contribution in [-0.2, 0) is 23.6 Å². The van der Waals surface area contributed by atoms with Gasteiger partial charge in [-0.15, -0.1) is 0 Å². The molecule has 0 amide bonds. The van der Waals surface area contributed by atoms with E-state index in [1.54, 1.807) is 4.68 Å². The summed E-state index contributed by atoms with van der Waals surface area (Å²) in [5.41, 5.74) is 8.67. The molecule has 82 valence electrons. The number of rotatable bonds is 2. The summed E-state index contributed by atoms with van der Waals surface area (Å²) in [6, 6.07) is 0. The Morgan fingerprint density at radius 1 is 1.67 bits per heavy atom. The molecular formula is C11H17N3O. The lowest BCUT2D eigenvalue weighted by molar-refractivity contribution is 0.159. The summed E-state index contributed by atoms with van der Waals surface area (Å²) in [4.78, 5) is 0. The Hall–Kier alpha value is -1.03. The highest BCUT2D eigenvalue weighted by Crippen LogP contribution is 2.58. The molecule has 0 spiro atoms. The fourth-order valence-electron chi connectivity index (χ4n) is 2.85. The van der Waals surface area contributed by atoms with Crippen molar-refractivity contribution in [2.75, 3.05) is 18.9 Å². The van der Waals surface area contributed by atoms with Gasteiger partial charge in [-0.05, 0) is 18.8 Å². The van der Waals surface area contributed by atoms with Crippen LogP contribution in [0.2, 0.25) is 0 Å². The van der Waals surface area contributed by atoms with Crippen molar-refractivity contribution in [1.82, 2.24) is 9.78 Å². The molecule has 0 radical (unpaired) electrons. The second kappa shape index (κ2) is 2.76. The average molecular weight is 207 g/mol. The molecule has 1 aromatic heterocycles. The summed E-state index contributed by atoms with van der Waals surface area (Å²) in [5, 5.41) is 4.59. The maximum atomic E-state index is 6.02. The molecule has 1 aliphatic carbocycles. The Morgan fingerprint density at radius 3 is 3.00 bits per heavy atom. The highest BCUT2D eigenvalue weighted by atomic mass is 16.5. The Kier molecular flexibility index (Phi) is 1.69. The number of aromatic nitrogens is 2. The van der Waals surface area contributed by atoms with Crippen molar-refractivity contribution < 1.29 is 4.74 Å². The van der Waals surface area contributed by atoms with Crippen molar-refractivity contribution >= 4 is 5.82 Å². The summed E-state index contributed by atoms with van der Waals surface area (Å²) in [5.74, 6) is 1.51. The van der Waals surface area contributed by atoms with E-state index in [9.17, 15) is 0 Å². The molecule has 2 heterocycles. The van der Waals surface area contributed by atoms with Crippen LogP contribution in [0, 0.1) is 5.92 Å². The van der Waals surface area contributed by atoms with E-state index in [1.807, 2.05) is 7.05 Å². The monoisotopic (exact) mass is 207 g/mol. The van der Waals surface area contributed by atoms with Gasteiger partial charge in [0.05, 0.1) is 18.9 Å². The zero-order valence-corrected chi connectivity index (χ0v) is 9.29. The molecular weight excluding hydrogens is 190 g/mol. The Balaban J connectivity index is 2.08. The first-order valence-electron chi connectivity index (χ1n) is 5.58. The third kappa shape index (κ3) is 1.03. The largest absolute Gasteiger partial charge is 0.384 e. The SMILES string of the molecule is CCc1c(C23COCC2C3)nn(C)c1N. The highest BCUT2D eigenvalue weighted by molar-refractivity contribution is 5.49. The average Bonchev–Trinajstić information content (AvgIpc) is 2.65. The number of aryl methyl sites for hydroxylation is 1. The van der Waals surface area contributed by atoms with Crippen molar-refractivity contribution in [1.29, 1.82) is 0 Å². The van der Waals surface area contributed by atoms with Gasteiger partial charge in [-0.25, -0.2) is 0 Å². The van der Waals surface area contributed by atoms with Crippen LogP contribution in [0.25, 0.3) is 0 Å². The number of nitrogens with zero attached hydrogens (tertiary/aromatic N) is 2. The van der Waals surface area contributed by atoms with Crippen molar-refractivity contribution in [2.24, 2.45) is 13.0 Å². The number of nitrogen functional groups attached to an aromatic ring is 1. The van der Waals surface area contributed by atoms with Gasteiger partial charge in [-0.2, -0.15) is 5.10 Å². The van der Waals surface area contributed by atoms with E-state index in [1.165, 1.54) is 17.7 Å². The first kappa shape index (κ1) is 9.21. The maximum Gasteiger partial charge on any atom is 0.124 e. The van der Waals surface area contributed by atoms with Crippen LogP contribution in [0.15, 0.2) is 0 Å². The number of anilines is 1. The third-order valence-corrected chi connectivity index (χ3v) is 3.93. The molecule has 3 rings (SSSR count). The number of nitrogens with two attached hydrogens (primary N) is 1. The molecule has 2 fully saturated rings. The molecule has 1 saturated heterocycles. The summed E-state index contributed by atoms with van der Waals surface area (Å²) in [7, 11) is 1.92. The van der Waals surface area contributed by atoms with Gasteiger partial charge in [0.1, 0.15) is 5.82 Å². The molecule has 1 aliphatic heterocycles. The van der Waals surface area contributed by atoms with Gasteiger partial charge in [0.25, 0.3) is 0 Å². The predicted octanol–water partition coefficient (Wildman–Crippen LogP) is 0.853. The van der Waals surface area contributed by atoms with Crippen LogP contribution >= 0.6 is 0 Å². The van der Waals surface area contributed by atoms with Gasteiger partial charge >= 0.3 is 0 Å². The summed E-state index contributed by atoms with van der Waals surface area (Å²) in [6.07, 6.45) is 2.19. The van der Waals surface area contributed by atoms with Gasteiger partial charge in [0.2, 0.25) is 0 Å². The zero-order chi connectivity index (χ0) is 10.6. The number of fused-ring (bicyclic) bond motifs is 1. The first-order chi connectivity index (χ1) is 7.19. The van der Waals surface area contributed by atoms with Gasteiger partial charge in [0, 0.05) is 18.0 Å². The molecule has 2 aliphatic rings. The van der Waals surface area contributed by atoms with E-state index < -0.39 is 0 Å². The lowest BCUT2D eigenvalue weighted by Crippen LogP contribution is -2.14. The van der Waals surface area contributed by atoms with Gasteiger partial charge in [-0.3, -0.25) is 4.68 Å². The minimum Gasteiger partial charge on any atom is -0.384 e. The summed E-state index contributed by atoms with van der Waals surface area (Å²) >= 11 is 0. The topological polar surface area (TPSA) is 53.1 Å². The van der Waals surface area contributed by atoms with Crippen molar-refractivity contribution in [3.05, 3.63) is 11.3 Å². The zero-order valence-electron chi connectivity index (χ0n) is 9.29. The normalized spacial score (nSPS) is 33.1. The molecule has 2 unspecified atom stereocenters. The smallest absolute Gasteiger partial charge is 0.124 e. The minimum absolute atomic E-state index is 0.223. The van der Waals surface area contributed by atoms with E-state index >= 15 is 0 Å². The highest BCUT2D eigenvalue weighted by Gasteiger charge is 2.61. The summed E-state index contributed by atoms with van der Waals surface area (Å²) < 4.78 is 7.33. The van der Waals surface area contributed by atoms with Crippen LogP contribution in [0.3, 0.4) is 0 Å². The van der Waals surface area contributed by atoms with Crippen molar-refractivity contribution in [3.8, 4) is 0 Å². The quantitative estimate of drug-likeness (QED) is 0.782. The number of hydrogen-bond acceptors (Lipinski definition) is 3. The van der Waals surface area contributed by atoms with Crippen molar-refractivity contribution in [3.63, 3.8) is 0 Å². The molecule has 0 aromatic carbocycles. The van der Waals surface area contributed by atoms with E-state index in [0.29, 0.717) is 5.92 Å². The fraction of sp³-hybridized carbons (Fsp3) is 0.727. The summed E-state index contributed by atoms with van der Waals surface area (Å²) in [6.45, 7) is 3.88.